The fourth-order valence-electron chi connectivity index (χ4n) is 2.83. The van der Waals surface area contributed by atoms with Crippen molar-refractivity contribution in [3.63, 3.8) is 0 Å². The third-order valence-electron chi connectivity index (χ3n) is 4.45. The predicted octanol–water partition coefficient (Wildman–Crippen LogP) is 1.47. The first-order valence-corrected chi connectivity index (χ1v) is 14.8. The van der Waals surface area contributed by atoms with E-state index in [1.807, 2.05) is 0 Å². The van der Waals surface area contributed by atoms with E-state index in [0.717, 1.165) is 18.7 Å². The van der Waals surface area contributed by atoms with Crippen LogP contribution in [0.2, 0.25) is 0 Å². The summed E-state index contributed by atoms with van der Waals surface area (Å²) in [6.45, 7) is -0.391. The lowest BCUT2D eigenvalue weighted by Crippen LogP contribution is -2.34. The summed E-state index contributed by atoms with van der Waals surface area (Å²) in [4.78, 5) is 7.81. The van der Waals surface area contributed by atoms with Crippen LogP contribution in [0, 0.1) is 5.82 Å². The molecule has 1 heterocycles. The van der Waals surface area contributed by atoms with E-state index in [1.54, 1.807) is 0 Å². The Morgan fingerprint density at radius 3 is 1.89 bits per heavy atom. The number of halogens is 1. The lowest BCUT2D eigenvalue weighted by Gasteiger charge is -2.17. The van der Waals surface area contributed by atoms with Gasteiger partial charge >= 0.3 is 0 Å². The molecule has 0 spiro atoms. The molecule has 0 radical (unpaired) electrons. The monoisotopic (exact) mass is 544 g/mol. The van der Waals surface area contributed by atoms with Gasteiger partial charge in [-0.05, 0) is 42.0 Å². The van der Waals surface area contributed by atoms with Gasteiger partial charge in [0.25, 0.3) is 0 Å². The number of benzene rings is 2. The molecule has 1 aromatic heterocycles. The van der Waals surface area contributed by atoms with Gasteiger partial charge in [0.2, 0.25) is 36.0 Å². The van der Waals surface area contributed by atoms with E-state index in [-0.39, 0.29) is 16.7 Å². The number of anilines is 4. The molecule has 2 aromatic carbocycles. The number of nitrogens with zero attached hydrogens (tertiary/aromatic N) is 3. The highest BCUT2D eigenvalue weighted by molar-refractivity contribution is 8.03. The number of hydrogen-bond donors (Lipinski definition) is 3. The molecule has 16 heteroatoms. The normalized spacial score (nSPS) is 12.5. The van der Waals surface area contributed by atoms with Gasteiger partial charge in [0.1, 0.15) is 0 Å². The zero-order valence-electron chi connectivity index (χ0n) is 18.4. The number of primary sulfonamides is 1. The van der Waals surface area contributed by atoms with Crippen molar-refractivity contribution in [3.8, 4) is 0 Å². The highest BCUT2D eigenvalue weighted by Crippen LogP contribution is 2.22. The summed E-state index contributed by atoms with van der Waals surface area (Å²) >= 11 is 0. The summed E-state index contributed by atoms with van der Waals surface area (Å²) in [5, 5.41) is 10.6. The van der Waals surface area contributed by atoms with Crippen molar-refractivity contribution in [1.29, 1.82) is 0 Å². The van der Waals surface area contributed by atoms with Crippen molar-refractivity contribution >= 4 is 53.2 Å². The van der Waals surface area contributed by atoms with Gasteiger partial charge in [-0.15, -0.1) is 0 Å². The minimum absolute atomic E-state index is 0.0193. The van der Waals surface area contributed by atoms with E-state index in [0.29, 0.717) is 20.6 Å². The molecule has 188 valence electrons. The van der Waals surface area contributed by atoms with Crippen LogP contribution in [0.3, 0.4) is 0 Å². The Hall–Kier alpha value is -3.18. The van der Waals surface area contributed by atoms with Crippen LogP contribution in [-0.4, -0.2) is 51.4 Å². The molecule has 0 aliphatic rings. The van der Waals surface area contributed by atoms with Crippen molar-refractivity contribution in [1.82, 2.24) is 13.7 Å². The molecule has 3 aromatic rings. The molecule has 35 heavy (non-hydrogen) atoms. The van der Waals surface area contributed by atoms with Crippen molar-refractivity contribution in [2.75, 3.05) is 23.1 Å². The lowest BCUT2D eigenvalue weighted by atomic mass is 10.2. The molecule has 0 unspecified atom stereocenters. The first-order chi connectivity index (χ1) is 16.1. The van der Waals surface area contributed by atoms with E-state index in [1.165, 1.54) is 48.5 Å². The van der Waals surface area contributed by atoms with Gasteiger partial charge in [-0.3, -0.25) is 0 Å². The molecule has 0 atom stereocenters. The van der Waals surface area contributed by atoms with Gasteiger partial charge in [0.05, 0.1) is 30.1 Å². The average molecular weight is 545 g/mol. The molecule has 0 amide bonds. The smallest absolute Gasteiger partial charge is 0.238 e. The number of sulfonamides is 3. The number of nitrogens with two attached hydrogens (primary N) is 1. The Morgan fingerprint density at radius 2 is 1.37 bits per heavy atom. The zero-order valence-corrected chi connectivity index (χ0v) is 20.8. The standard InChI is InChI=1S/C19H21FN6O6S3/c1-33(27,28)26(34(2,29)30)12-13-3-5-14(6-4-13)23-18-17(20)11-22-19(25-18)24-15-7-9-16(10-8-15)35(21,31)32/h3-11H,12H2,1-2H3,(H2,21,31,32)(H2,22,23,24,25). The van der Waals surface area contributed by atoms with Gasteiger partial charge < -0.3 is 10.6 Å². The van der Waals surface area contributed by atoms with Crippen molar-refractivity contribution < 1.29 is 29.6 Å². The number of nitrogens with one attached hydrogen (secondary N) is 2. The Kier molecular flexibility index (Phi) is 7.42. The van der Waals surface area contributed by atoms with Crippen LogP contribution in [0.1, 0.15) is 5.56 Å². The zero-order chi connectivity index (χ0) is 26.0. The lowest BCUT2D eigenvalue weighted by molar-refractivity contribution is 0.503. The molecule has 0 saturated carbocycles. The molecule has 0 bridgehead atoms. The maximum absolute atomic E-state index is 14.3. The summed E-state index contributed by atoms with van der Waals surface area (Å²) in [6, 6.07) is 11.4. The highest BCUT2D eigenvalue weighted by Gasteiger charge is 2.26. The molecule has 0 fully saturated rings. The van der Waals surface area contributed by atoms with Crippen LogP contribution in [0.5, 0.6) is 0 Å². The molecule has 0 aliphatic carbocycles. The van der Waals surface area contributed by atoms with Crippen molar-refractivity contribution in [2.45, 2.75) is 11.4 Å². The summed E-state index contributed by atoms with van der Waals surface area (Å²) in [7, 11) is -11.9. The van der Waals surface area contributed by atoms with E-state index >= 15 is 0 Å². The summed E-state index contributed by atoms with van der Waals surface area (Å²) in [6.07, 6.45) is 2.52. The summed E-state index contributed by atoms with van der Waals surface area (Å²) in [5.41, 5.74) is 1.21. The van der Waals surface area contributed by atoms with E-state index in [9.17, 15) is 29.6 Å². The Labute approximate surface area is 202 Å². The quantitative estimate of drug-likeness (QED) is 0.357. The third kappa shape index (κ3) is 7.15. The van der Waals surface area contributed by atoms with Gasteiger partial charge in [0, 0.05) is 11.4 Å². The first kappa shape index (κ1) is 26.4. The van der Waals surface area contributed by atoms with Gasteiger partial charge in [-0.25, -0.2) is 39.8 Å². The number of aromatic nitrogens is 2. The maximum Gasteiger partial charge on any atom is 0.238 e. The fourth-order valence-corrected chi connectivity index (χ4v) is 6.08. The van der Waals surface area contributed by atoms with Gasteiger partial charge in [-0.2, -0.15) is 4.98 Å². The maximum atomic E-state index is 14.3. The molecule has 12 nitrogen and oxygen atoms in total. The second kappa shape index (κ2) is 9.82. The minimum atomic E-state index is -4.01. The predicted molar refractivity (Wildman–Crippen MR) is 128 cm³/mol. The highest BCUT2D eigenvalue weighted by atomic mass is 32.3. The SMILES string of the molecule is CS(=O)(=O)N(Cc1ccc(Nc2nc(Nc3ccc(S(N)(=O)=O)cc3)ncc2F)cc1)S(C)(=O)=O. The van der Waals surface area contributed by atoms with Gasteiger partial charge in [0.15, 0.2) is 11.6 Å². The third-order valence-corrected chi connectivity index (χ3v) is 8.74. The topological polar surface area (TPSA) is 182 Å². The molecule has 0 saturated heterocycles. The Bertz CT molecular complexity index is 1510. The summed E-state index contributed by atoms with van der Waals surface area (Å²) in [5.74, 6) is -0.916. The minimum Gasteiger partial charge on any atom is -0.338 e. The second-order valence-electron chi connectivity index (χ2n) is 7.36. The largest absolute Gasteiger partial charge is 0.338 e. The first-order valence-electron chi connectivity index (χ1n) is 9.59. The molecule has 4 N–H and O–H groups in total. The van der Waals surface area contributed by atoms with Crippen molar-refractivity contribution in [2.24, 2.45) is 5.14 Å². The number of rotatable bonds is 9. The Balaban J connectivity index is 1.75. The molecular weight excluding hydrogens is 523 g/mol. The summed E-state index contributed by atoms with van der Waals surface area (Å²) < 4.78 is 84.5. The van der Waals surface area contributed by atoms with Crippen LogP contribution < -0.4 is 15.8 Å². The fraction of sp³-hybridized carbons (Fsp3) is 0.158. The van der Waals surface area contributed by atoms with E-state index in [4.69, 9.17) is 5.14 Å². The number of hydrogen-bond acceptors (Lipinski definition) is 10. The second-order valence-corrected chi connectivity index (χ2v) is 13.0. The van der Waals surface area contributed by atoms with E-state index < -0.39 is 42.4 Å². The average Bonchev–Trinajstić information content (AvgIpc) is 2.73. The van der Waals surface area contributed by atoms with Crippen LogP contribution in [0.15, 0.2) is 59.6 Å². The van der Waals surface area contributed by atoms with E-state index in [2.05, 4.69) is 20.6 Å². The van der Waals surface area contributed by atoms with Crippen LogP contribution >= 0.6 is 0 Å². The van der Waals surface area contributed by atoms with Crippen molar-refractivity contribution in [3.05, 3.63) is 66.1 Å². The molecule has 3 rings (SSSR count). The molecular formula is C19H21FN6O6S3. The Morgan fingerprint density at radius 1 is 0.857 bits per heavy atom. The van der Waals surface area contributed by atoms with Gasteiger partial charge in [-0.1, -0.05) is 15.8 Å². The van der Waals surface area contributed by atoms with Crippen LogP contribution in [-0.2, 0) is 36.6 Å². The molecule has 0 aliphatic heterocycles. The van der Waals surface area contributed by atoms with Crippen LogP contribution in [0.4, 0.5) is 27.5 Å². The van der Waals surface area contributed by atoms with Crippen LogP contribution in [0.25, 0.3) is 0 Å².